The Labute approximate surface area is 108 Å². The van der Waals surface area contributed by atoms with Crippen LogP contribution in [0.4, 0.5) is 0 Å². The van der Waals surface area contributed by atoms with Crippen LogP contribution in [0.5, 0.6) is 0 Å². The molecular weight excluding hydrogens is 228 g/mol. The summed E-state index contributed by atoms with van der Waals surface area (Å²) in [4.78, 5) is 11.4. The topological polar surface area (TPSA) is 57.5 Å². The molecule has 100 valence electrons. The smallest absolute Gasteiger partial charge is 0.309 e. The molecule has 1 aromatic carbocycles. The Hall–Kier alpha value is -1.35. The Morgan fingerprint density at radius 2 is 1.89 bits per heavy atom. The standard InChI is InChI=1S/C15H22O3/c1-3-5-11-13(14(16)17)15(18,4-2)12-9-7-6-8-10-12/h6-10,13,18H,3-5,11H2,1-2H3,(H,16,17). The number of rotatable bonds is 7. The summed E-state index contributed by atoms with van der Waals surface area (Å²) < 4.78 is 0. The second-order valence-corrected chi connectivity index (χ2v) is 4.68. The van der Waals surface area contributed by atoms with Crippen LogP contribution in [0.3, 0.4) is 0 Å². The minimum Gasteiger partial charge on any atom is -0.481 e. The van der Waals surface area contributed by atoms with Crippen LogP contribution in [0.15, 0.2) is 30.3 Å². The van der Waals surface area contributed by atoms with Crippen LogP contribution < -0.4 is 0 Å². The number of carboxylic acids is 1. The molecule has 2 atom stereocenters. The normalized spacial score (nSPS) is 15.9. The van der Waals surface area contributed by atoms with Crippen molar-refractivity contribution in [2.45, 2.75) is 45.1 Å². The van der Waals surface area contributed by atoms with Crippen molar-refractivity contribution in [1.82, 2.24) is 0 Å². The van der Waals surface area contributed by atoms with Gasteiger partial charge in [-0.1, -0.05) is 57.0 Å². The SMILES string of the molecule is CCCCC(C(=O)O)C(O)(CC)c1ccccc1. The van der Waals surface area contributed by atoms with Crippen LogP contribution in [-0.4, -0.2) is 16.2 Å². The van der Waals surface area contributed by atoms with Crippen molar-refractivity contribution >= 4 is 5.97 Å². The molecule has 0 amide bonds. The van der Waals surface area contributed by atoms with Crippen LogP contribution in [0.25, 0.3) is 0 Å². The molecule has 3 nitrogen and oxygen atoms in total. The summed E-state index contributed by atoms with van der Waals surface area (Å²) in [5.41, 5.74) is -0.585. The summed E-state index contributed by atoms with van der Waals surface area (Å²) in [6, 6.07) is 9.11. The van der Waals surface area contributed by atoms with Gasteiger partial charge in [-0.3, -0.25) is 4.79 Å². The average molecular weight is 250 g/mol. The third-order valence-electron chi connectivity index (χ3n) is 3.53. The summed E-state index contributed by atoms with van der Waals surface area (Å²) in [7, 11) is 0. The van der Waals surface area contributed by atoms with Crippen molar-refractivity contribution in [3.05, 3.63) is 35.9 Å². The first-order valence-corrected chi connectivity index (χ1v) is 6.57. The Bertz CT molecular complexity index is 375. The Morgan fingerprint density at radius 1 is 1.28 bits per heavy atom. The third-order valence-corrected chi connectivity index (χ3v) is 3.53. The summed E-state index contributed by atoms with van der Waals surface area (Å²) in [5.74, 6) is -1.67. The van der Waals surface area contributed by atoms with E-state index in [1.165, 1.54) is 0 Å². The van der Waals surface area contributed by atoms with Crippen molar-refractivity contribution < 1.29 is 15.0 Å². The van der Waals surface area contributed by atoms with Gasteiger partial charge in [0.05, 0.1) is 5.92 Å². The number of aliphatic carboxylic acids is 1. The van der Waals surface area contributed by atoms with Gasteiger partial charge in [0.1, 0.15) is 5.60 Å². The first-order valence-electron chi connectivity index (χ1n) is 6.57. The van der Waals surface area contributed by atoms with E-state index in [1.54, 1.807) is 12.1 Å². The number of hydrogen-bond acceptors (Lipinski definition) is 2. The van der Waals surface area contributed by atoms with E-state index in [0.29, 0.717) is 18.4 Å². The van der Waals surface area contributed by atoms with Crippen LogP contribution in [0.2, 0.25) is 0 Å². The van der Waals surface area contributed by atoms with E-state index in [4.69, 9.17) is 0 Å². The molecule has 0 heterocycles. The average Bonchev–Trinajstić information content (AvgIpc) is 2.39. The Balaban J connectivity index is 3.06. The van der Waals surface area contributed by atoms with Gasteiger partial charge in [-0.05, 0) is 18.4 Å². The number of benzene rings is 1. The van der Waals surface area contributed by atoms with E-state index in [1.807, 2.05) is 32.0 Å². The van der Waals surface area contributed by atoms with Crippen LogP contribution >= 0.6 is 0 Å². The molecule has 0 fully saturated rings. The molecule has 2 unspecified atom stereocenters. The molecule has 2 N–H and O–H groups in total. The van der Waals surface area contributed by atoms with Gasteiger partial charge < -0.3 is 10.2 Å². The maximum absolute atomic E-state index is 11.4. The number of carboxylic acid groups (broad SMARTS) is 1. The first kappa shape index (κ1) is 14.7. The predicted molar refractivity (Wildman–Crippen MR) is 71.3 cm³/mol. The zero-order chi connectivity index (χ0) is 13.6. The molecule has 0 aromatic heterocycles. The van der Waals surface area contributed by atoms with Crippen molar-refractivity contribution in [3.8, 4) is 0 Å². The minimum atomic E-state index is -1.28. The molecule has 1 rings (SSSR count). The monoisotopic (exact) mass is 250 g/mol. The van der Waals surface area contributed by atoms with Gasteiger partial charge in [-0.25, -0.2) is 0 Å². The van der Waals surface area contributed by atoms with Crippen molar-refractivity contribution in [2.24, 2.45) is 5.92 Å². The Morgan fingerprint density at radius 3 is 2.33 bits per heavy atom. The summed E-state index contributed by atoms with van der Waals surface area (Å²) in [6.45, 7) is 3.85. The lowest BCUT2D eigenvalue weighted by Gasteiger charge is -2.33. The highest BCUT2D eigenvalue weighted by Crippen LogP contribution is 2.36. The highest BCUT2D eigenvalue weighted by molar-refractivity contribution is 5.72. The molecule has 0 saturated carbocycles. The van der Waals surface area contributed by atoms with E-state index in [-0.39, 0.29) is 0 Å². The van der Waals surface area contributed by atoms with E-state index in [0.717, 1.165) is 12.8 Å². The Kier molecular flexibility index (Phi) is 5.35. The molecule has 0 spiro atoms. The highest BCUT2D eigenvalue weighted by atomic mass is 16.4. The minimum absolute atomic E-state index is 0.400. The van der Waals surface area contributed by atoms with Gasteiger partial charge in [0.2, 0.25) is 0 Å². The molecule has 18 heavy (non-hydrogen) atoms. The summed E-state index contributed by atoms with van der Waals surface area (Å²) in [6.07, 6.45) is 2.65. The molecule has 3 heteroatoms. The molecule has 0 aliphatic carbocycles. The van der Waals surface area contributed by atoms with E-state index in [9.17, 15) is 15.0 Å². The number of unbranched alkanes of at least 4 members (excludes halogenated alkanes) is 1. The second-order valence-electron chi connectivity index (χ2n) is 4.68. The fraction of sp³-hybridized carbons (Fsp3) is 0.533. The van der Waals surface area contributed by atoms with Gasteiger partial charge in [-0.15, -0.1) is 0 Å². The zero-order valence-electron chi connectivity index (χ0n) is 11.1. The molecule has 0 aliphatic rings. The van der Waals surface area contributed by atoms with Gasteiger partial charge in [0.15, 0.2) is 0 Å². The lowest BCUT2D eigenvalue weighted by atomic mass is 9.77. The largest absolute Gasteiger partial charge is 0.481 e. The molecule has 0 saturated heterocycles. The maximum Gasteiger partial charge on any atom is 0.309 e. The molecule has 1 aromatic rings. The number of aliphatic hydroxyl groups is 1. The zero-order valence-corrected chi connectivity index (χ0v) is 11.1. The van der Waals surface area contributed by atoms with E-state index in [2.05, 4.69) is 0 Å². The van der Waals surface area contributed by atoms with Crippen LogP contribution in [0.1, 0.15) is 45.1 Å². The van der Waals surface area contributed by atoms with Crippen LogP contribution in [0, 0.1) is 5.92 Å². The van der Waals surface area contributed by atoms with E-state index >= 15 is 0 Å². The summed E-state index contributed by atoms with van der Waals surface area (Å²) in [5, 5.41) is 20.1. The quantitative estimate of drug-likeness (QED) is 0.781. The van der Waals surface area contributed by atoms with Crippen LogP contribution in [-0.2, 0) is 10.4 Å². The second kappa shape index (κ2) is 6.55. The lowest BCUT2D eigenvalue weighted by Crippen LogP contribution is -2.39. The highest BCUT2D eigenvalue weighted by Gasteiger charge is 2.40. The predicted octanol–water partition coefficient (Wildman–Crippen LogP) is 3.18. The van der Waals surface area contributed by atoms with Crippen molar-refractivity contribution in [2.75, 3.05) is 0 Å². The van der Waals surface area contributed by atoms with Crippen molar-refractivity contribution in [1.29, 1.82) is 0 Å². The van der Waals surface area contributed by atoms with E-state index < -0.39 is 17.5 Å². The number of carbonyl (C=O) groups is 1. The van der Waals surface area contributed by atoms with Gasteiger partial charge in [0.25, 0.3) is 0 Å². The fourth-order valence-corrected chi connectivity index (χ4v) is 2.35. The van der Waals surface area contributed by atoms with Gasteiger partial charge in [0, 0.05) is 0 Å². The molecular formula is C15H22O3. The molecule has 0 bridgehead atoms. The molecule has 0 aliphatic heterocycles. The first-order chi connectivity index (χ1) is 8.56. The van der Waals surface area contributed by atoms with Crippen molar-refractivity contribution in [3.63, 3.8) is 0 Å². The third kappa shape index (κ3) is 3.10. The summed E-state index contributed by atoms with van der Waals surface area (Å²) >= 11 is 0. The van der Waals surface area contributed by atoms with Gasteiger partial charge >= 0.3 is 5.97 Å². The number of hydrogen-bond donors (Lipinski definition) is 2. The molecule has 0 radical (unpaired) electrons. The fourth-order valence-electron chi connectivity index (χ4n) is 2.35. The lowest BCUT2D eigenvalue weighted by molar-refractivity contribution is -0.154. The van der Waals surface area contributed by atoms with Gasteiger partial charge in [-0.2, -0.15) is 0 Å². The maximum atomic E-state index is 11.4.